The Bertz CT molecular complexity index is 3170. The van der Waals surface area contributed by atoms with Crippen LogP contribution in [0, 0.1) is 0 Å². The van der Waals surface area contributed by atoms with Crippen molar-refractivity contribution in [2.75, 3.05) is 0 Å². The molecule has 0 aliphatic heterocycles. The minimum atomic E-state index is 0.860. The van der Waals surface area contributed by atoms with Gasteiger partial charge in [-0.25, -0.2) is 4.98 Å². The predicted molar refractivity (Wildman–Crippen MR) is 216 cm³/mol. The van der Waals surface area contributed by atoms with Crippen LogP contribution in [0.4, 0.5) is 0 Å². The summed E-state index contributed by atoms with van der Waals surface area (Å²) in [7, 11) is 0. The van der Waals surface area contributed by atoms with Crippen LogP contribution in [0.25, 0.3) is 110 Å². The molecule has 0 atom stereocenters. The second kappa shape index (κ2) is 11.3. The maximum atomic E-state index is 6.57. The number of aromatic nitrogens is 1. The summed E-state index contributed by atoms with van der Waals surface area (Å²) in [6.07, 6.45) is 0. The van der Waals surface area contributed by atoms with Crippen molar-refractivity contribution in [3.63, 3.8) is 0 Å². The van der Waals surface area contributed by atoms with Crippen molar-refractivity contribution in [3.8, 4) is 44.6 Å². The van der Waals surface area contributed by atoms with Crippen LogP contribution in [0.5, 0.6) is 0 Å². The molecule has 0 fully saturated rings. The van der Waals surface area contributed by atoms with Gasteiger partial charge in [-0.05, 0) is 70.3 Å². The highest BCUT2D eigenvalue weighted by Gasteiger charge is 2.21. The van der Waals surface area contributed by atoms with Crippen molar-refractivity contribution in [3.05, 3.63) is 176 Å². The molecule has 3 nitrogen and oxygen atoms in total. The topological polar surface area (TPSA) is 39.2 Å². The summed E-state index contributed by atoms with van der Waals surface area (Å²) >= 11 is 0. The molecule has 11 rings (SSSR count). The fourth-order valence-electron chi connectivity index (χ4n) is 8.04. The molecule has 0 aliphatic carbocycles. The van der Waals surface area contributed by atoms with Crippen LogP contribution in [-0.2, 0) is 0 Å². The number of hydrogen-bond acceptors (Lipinski definition) is 3. The van der Waals surface area contributed by atoms with E-state index >= 15 is 0 Å². The van der Waals surface area contributed by atoms with E-state index < -0.39 is 0 Å². The molecule has 0 N–H and O–H groups in total. The van der Waals surface area contributed by atoms with Gasteiger partial charge in [0.1, 0.15) is 22.3 Å². The Morgan fingerprint density at radius 1 is 0.308 bits per heavy atom. The monoisotopic (exact) mass is 663 g/mol. The molecule has 0 radical (unpaired) electrons. The van der Waals surface area contributed by atoms with Crippen LogP contribution < -0.4 is 0 Å². The summed E-state index contributed by atoms with van der Waals surface area (Å²) in [5, 5.41) is 7.90. The van der Waals surface area contributed by atoms with E-state index in [0.717, 1.165) is 99.2 Å². The molecular weight excluding hydrogens is 635 g/mol. The number of para-hydroxylation sites is 3. The van der Waals surface area contributed by atoms with E-state index in [2.05, 4.69) is 158 Å². The zero-order valence-corrected chi connectivity index (χ0v) is 28.0. The Hall–Kier alpha value is -6.97. The highest BCUT2D eigenvalue weighted by Crippen LogP contribution is 2.46. The second-order valence-corrected chi connectivity index (χ2v) is 13.5. The molecule has 3 heteroatoms. The molecule has 11 aromatic rings. The Morgan fingerprint density at radius 3 is 1.69 bits per heavy atom. The third-order valence-corrected chi connectivity index (χ3v) is 10.5. The van der Waals surface area contributed by atoms with Crippen molar-refractivity contribution >= 4 is 65.6 Å². The van der Waals surface area contributed by atoms with E-state index in [-0.39, 0.29) is 0 Å². The van der Waals surface area contributed by atoms with E-state index in [4.69, 9.17) is 13.8 Å². The van der Waals surface area contributed by atoms with Gasteiger partial charge in [-0.1, -0.05) is 133 Å². The number of benzene rings is 8. The summed E-state index contributed by atoms with van der Waals surface area (Å²) < 4.78 is 12.6. The highest BCUT2D eigenvalue weighted by molar-refractivity contribution is 6.27. The van der Waals surface area contributed by atoms with Gasteiger partial charge >= 0.3 is 0 Å². The quantitative estimate of drug-likeness (QED) is 0.176. The number of rotatable bonds is 4. The van der Waals surface area contributed by atoms with E-state index in [1.807, 2.05) is 18.2 Å². The number of furan rings is 2. The van der Waals surface area contributed by atoms with Crippen LogP contribution >= 0.6 is 0 Å². The standard InChI is InChI=1S/C49H29NO2/c1-2-11-32(12-3-1)46-47-37-16-4-7-18-41(37)50-49(40(47)29-45-48(46)38-17-6-9-20-43(38)52-45)35-14-10-13-33(27-35)30-21-23-31(24-22-30)34-25-26-44-39(28-34)36-15-5-8-19-42(36)51-44/h1-29H. The van der Waals surface area contributed by atoms with Crippen LogP contribution in [-0.4, -0.2) is 4.98 Å². The molecule has 3 aromatic heterocycles. The SMILES string of the molecule is c1ccc(-c2c3c(cc4c(-c5cccc(-c6ccc(-c7ccc8oc9ccccc9c8c7)cc6)c5)nc5ccccc5c24)oc2ccccc23)cc1. The van der Waals surface area contributed by atoms with Crippen LogP contribution in [0.2, 0.25) is 0 Å². The smallest absolute Gasteiger partial charge is 0.136 e. The first-order chi connectivity index (χ1) is 25.8. The minimum Gasteiger partial charge on any atom is -0.456 e. The molecule has 242 valence electrons. The minimum absolute atomic E-state index is 0.860. The number of pyridine rings is 1. The van der Waals surface area contributed by atoms with Crippen LogP contribution in [0.15, 0.2) is 185 Å². The van der Waals surface area contributed by atoms with Crippen LogP contribution in [0.1, 0.15) is 0 Å². The first-order valence-corrected chi connectivity index (χ1v) is 17.6. The predicted octanol–water partition coefficient (Wildman–Crippen LogP) is 13.9. The van der Waals surface area contributed by atoms with Crippen molar-refractivity contribution in [1.82, 2.24) is 4.98 Å². The molecular formula is C49H29NO2. The molecule has 0 amide bonds. The fraction of sp³-hybridized carbons (Fsp3) is 0. The van der Waals surface area contributed by atoms with Gasteiger partial charge in [0.25, 0.3) is 0 Å². The zero-order chi connectivity index (χ0) is 34.2. The van der Waals surface area contributed by atoms with Crippen molar-refractivity contribution in [2.24, 2.45) is 0 Å². The lowest BCUT2D eigenvalue weighted by atomic mass is 9.89. The number of fused-ring (bicyclic) bond motifs is 9. The average Bonchev–Trinajstić information content (AvgIpc) is 3.78. The molecule has 8 aromatic carbocycles. The Morgan fingerprint density at radius 2 is 0.885 bits per heavy atom. The molecule has 0 saturated carbocycles. The lowest BCUT2D eigenvalue weighted by Gasteiger charge is -2.16. The van der Waals surface area contributed by atoms with Crippen molar-refractivity contribution in [1.29, 1.82) is 0 Å². The van der Waals surface area contributed by atoms with Crippen LogP contribution in [0.3, 0.4) is 0 Å². The molecule has 0 spiro atoms. The van der Waals surface area contributed by atoms with Crippen molar-refractivity contribution in [2.45, 2.75) is 0 Å². The van der Waals surface area contributed by atoms with Gasteiger partial charge in [-0.2, -0.15) is 0 Å². The summed E-state index contributed by atoms with van der Waals surface area (Å²) in [4.78, 5) is 5.35. The summed E-state index contributed by atoms with van der Waals surface area (Å²) in [5.41, 5.74) is 13.5. The van der Waals surface area contributed by atoms with E-state index in [1.165, 1.54) is 10.9 Å². The fourth-order valence-corrected chi connectivity index (χ4v) is 8.04. The molecule has 0 aliphatic rings. The zero-order valence-electron chi connectivity index (χ0n) is 28.0. The number of hydrogen-bond donors (Lipinski definition) is 0. The van der Waals surface area contributed by atoms with Crippen molar-refractivity contribution < 1.29 is 8.83 Å². The average molecular weight is 664 g/mol. The Labute approximate surface area is 299 Å². The van der Waals surface area contributed by atoms with Gasteiger partial charge in [-0.3, -0.25) is 0 Å². The van der Waals surface area contributed by atoms with Gasteiger partial charge in [0.2, 0.25) is 0 Å². The van der Waals surface area contributed by atoms with E-state index in [0.29, 0.717) is 0 Å². The van der Waals surface area contributed by atoms with Gasteiger partial charge in [0, 0.05) is 48.8 Å². The molecule has 0 bridgehead atoms. The first-order valence-electron chi connectivity index (χ1n) is 17.6. The highest BCUT2D eigenvalue weighted by atomic mass is 16.3. The first kappa shape index (κ1) is 28.8. The Kier molecular flexibility index (Phi) is 6.25. The summed E-state index contributed by atoms with van der Waals surface area (Å²) in [6.45, 7) is 0. The molecule has 3 heterocycles. The summed E-state index contributed by atoms with van der Waals surface area (Å²) in [5.74, 6) is 0. The molecule has 0 saturated heterocycles. The summed E-state index contributed by atoms with van der Waals surface area (Å²) in [6, 6.07) is 62.0. The van der Waals surface area contributed by atoms with Gasteiger partial charge in [0.05, 0.1) is 11.2 Å². The van der Waals surface area contributed by atoms with E-state index in [1.54, 1.807) is 0 Å². The van der Waals surface area contributed by atoms with Gasteiger partial charge in [0.15, 0.2) is 0 Å². The largest absolute Gasteiger partial charge is 0.456 e. The second-order valence-electron chi connectivity index (χ2n) is 13.5. The lowest BCUT2D eigenvalue weighted by molar-refractivity contribution is 0.669. The maximum absolute atomic E-state index is 6.57. The number of nitrogens with zero attached hydrogens (tertiary/aromatic N) is 1. The molecule has 0 unspecified atom stereocenters. The van der Waals surface area contributed by atoms with E-state index in [9.17, 15) is 0 Å². The third kappa shape index (κ3) is 4.43. The molecule has 52 heavy (non-hydrogen) atoms. The van der Waals surface area contributed by atoms with Gasteiger partial charge < -0.3 is 8.83 Å². The normalized spacial score (nSPS) is 11.8. The maximum Gasteiger partial charge on any atom is 0.136 e. The Balaban J connectivity index is 1.08. The lowest BCUT2D eigenvalue weighted by Crippen LogP contribution is -1.93. The van der Waals surface area contributed by atoms with Gasteiger partial charge in [-0.15, -0.1) is 0 Å². The third-order valence-electron chi connectivity index (χ3n) is 10.5.